The van der Waals surface area contributed by atoms with Gasteiger partial charge in [0.15, 0.2) is 5.60 Å². The van der Waals surface area contributed by atoms with Crippen molar-refractivity contribution in [3.05, 3.63) is 53.6 Å². The van der Waals surface area contributed by atoms with Gasteiger partial charge in [-0.15, -0.1) is 0 Å². The van der Waals surface area contributed by atoms with E-state index >= 15 is 0 Å². The van der Waals surface area contributed by atoms with Gasteiger partial charge in [-0.2, -0.15) is 5.26 Å². The van der Waals surface area contributed by atoms with Gasteiger partial charge in [0.1, 0.15) is 17.4 Å². The van der Waals surface area contributed by atoms with Crippen molar-refractivity contribution < 1.29 is 9.53 Å². The maximum Gasteiger partial charge on any atom is 0.220 e. The van der Waals surface area contributed by atoms with Crippen LogP contribution in [0, 0.1) is 11.3 Å². The molecule has 0 aromatic heterocycles. The molecule has 1 aliphatic heterocycles. The highest BCUT2D eigenvalue weighted by molar-refractivity contribution is 6.14. The molecule has 20 heavy (non-hydrogen) atoms. The van der Waals surface area contributed by atoms with Crippen molar-refractivity contribution in [3.63, 3.8) is 0 Å². The molecule has 0 spiro atoms. The van der Waals surface area contributed by atoms with Crippen LogP contribution in [0.2, 0.25) is 0 Å². The number of rotatable bonds is 1. The molecule has 0 saturated carbocycles. The Kier molecular flexibility index (Phi) is 2.62. The van der Waals surface area contributed by atoms with Gasteiger partial charge < -0.3 is 4.74 Å². The summed E-state index contributed by atoms with van der Waals surface area (Å²) in [6, 6.07) is 15.6. The van der Waals surface area contributed by atoms with Crippen LogP contribution >= 0.6 is 0 Å². The molecule has 1 aliphatic rings. The van der Waals surface area contributed by atoms with Crippen LogP contribution in [0.25, 0.3) is 16.5 Å². The van der Waals surface area contributed by atoms with E-state index in [0.29, 0.717) is 5.76 Å². The number of fused-ring (bicyclic) bond motifs is 1. The van der Waals surface area contributed by atoms with Gasteiger partial charge in [-0.25, -0.2) is 0 Å². The average Bonchev–Trinajstić information content (AvgIpc) is 2.68. The third-order valence-corrected chi connectivity index (χ3v) is 3.50. The van der Waals surface area contributed by atoms with Crippen LogP contribution in [0.15, 0.2) is 48.0 Å². The Balaban J connectivity index is 2.29. The Hall–Kier alpha value is -2.60. The number of hydrogen-bond donors (Lipinski definition) is 0. The largest absolute Gasteiger partial charge is 0.477 e. The normalized spacial score (nSPS) is 17.1. The summed E-state index contributed by atoms with van der Waals surface area (Å²) >= 11 is 0. The van der Waals surface area contributed by atoms with E-state index in [1.165, 1.54) is 0 Å². The Bertz CT molecular complexity index is 789. The smallest absolute Gasteiger partial charge is 0.220 e. The van der Waals surface area contributed by atoms with E-state index in [1.807, 2.05) is 48.5 Å². The van der Waals surface area contributed by atoms with Gasteiger partial charge in [-0.1, -0.05) is 42.5 Å². The molecule has 0 aliphatic carbocycles. The highest BCUT2D eigenvalue weighted by Crippen LogP contribution is 2.38. The zero-order valence-corrected chi connectivity index (χ0v) is 11.3. The van der Waals surface area contributed by atoms with E-state index in [4.69, 9.17) is 4.74 Å². The lowest BCUT2D eigenvalue weighted by atomic mass is 9.97. The fourth-order valence-electron chi connectivity index (χ4n) is 2.47. The molecule has 3 rings (SSSR count). The number of benzene rings is 2. The number of nitriles is 1. The third-order valence-electron chi connectivity index (χ3n) is 3.50. The molecule has 0 amide bonds. The Morgan fingerprint density at radius 3 is 2.55 bits per heavy atom. The maximum atomic E-state index is 12.2. The summed E-state index contributed by atoms with van der Waals surface area (Å²) < 4.78 is 5.77. The van der Waals surface area contributed by atoms with Crippen LogP contribution in [0.3, 0.4) is 0 Å². The zero-order chi connectivity index (χ0) is 14.3. The first-order valence-electron chi connectivity index (χ1n) is 6.41. The predicted molar refractivity (Wildman–Crippen MR) is 76.7 cm³/mol. The average molecular weight is 263 g/mol. The van der Waals surface area contributed by atoms with Crippen molar-refractivity contribution in [2.24, 2.45) is 0 Å². The van der Waals surface area contributed by atoms with E-state index in [1.54, 1.807) is 13.8 Å². The minimum absolute atomic E-state index is 0.103. The lowest BCUT2D eigenvalue weighted by Gasteiger charge is -2.18. The van der Waals surface area contributed by atoms with Gasteiger partial charge >= 0.3 is 0 Å². The molecule has 98 valence electrons. The van der Waals surface area contributed by atoms with Gasteiger partial charge in [-0.05, 0) is 24.6 Å². The van der Waals surface area contributed by atoms with E-state index in [0.717, 1.165) is 16.3 Å². The van der Waals surface area contributed by atoms with E-state index in [2.05, 4.69) is 0 Å². The number of ether oxygens (including phenoxy) is 1. The number of carbonyl (C=O) groups excluding carboxylic acids is 1. The SMILES string of the molecule is CC1(C)OC(c2cccc3ccccc23)=C(C#N)C1=O. The van der Waals surface area contributed by atoms with Crippen molar-refractivity contribution in [2.45, 2.75) is 19.4 Å². The fourth-order valence-corrected chi connectivity index (χ4v) is 2.47. The Morgan fingerprint density at radius 2 is 1.80 bits per heavy atom. The summed E-state index contributed by atoms with van der Waals surface area (Å²) in [5, 5.41) is 11.3. The van der Waals surface area contributed by atoms with E-state index in [9.17, 15) is 10.1 Å². The highest BCUT2D eigenvalue weighted by atomic mass is 16.5. The van der Waals surface area contributed by atoms with Gasteiger partial charge in [0.05, 0.1) is 0 Å². The number of carbonyl (C=O) groups is 1. The third kappa shape index (κ3) is 1.70. The summed E-state index contributed by atoms with van der Waals surface area (Å²) in [5.41, 5.74) is -0.0814. The standard InChI is InChI=1S/C17H13NO2/c1-17(2)16(19)14(10-18)15(20-17)13-9-5-7-11-6-3-4-8-12(11)13/h3-9H,1-2H3. The van der Waals surface area contributed by atoms with Crippen molar-refractivity contribution in [1.82, 2.24) is 0 Å². The number of Topliss-reactive ketones (excluding diaryl/α,β-unsaturated/α-hetero) is 1. The topological polar surface area (TPSA) is 50.1 Å². The fraction of sp³-hybridized carbons (Fsp3) is 0.176. The van der Waals surface area contributed by atoms with Gasteiger partial charge in [-0.3, -0.25) is 4.79 Å². The van der Waals surface area contributed by atoms with E-state index in [-0.39, 0.29) is 11.4 Å². The summed E-state index contributed by atoms with van der Waals surface area (Å²) in [6.07, 6.45) is 0. The number of hydrogen-bond acceptors (Lipinski definition) is 3. The van der Waals surface area contributed by atoms with Gasteiger partial charge in [0.2, 0.25) is 5.78 Å². The number of ketones is 1. The van der Waals surface area contributed by atoms with E-state index < -0.39 is 5.60 Å². The summed E-state index contributed by atoms with van der Waals surface area (Å²) in [4.78, 5) is 12.2. The molecular weight excluding hydrogens is 250 g/mol. The minimum Gasteiger partial charge on any atom is -0.477 e. The molecule has 2 aromatic rings. The van der Waals surface area contributed by atoms with Crippen molar-refractivity contribution in [2.75, 3.05) is 0 Å². The van der Waals surface area contributed by atoms with Gasteiger partial charge in [0.25, 0.3) is 0 Å². The van der Waals surface area contributed by atoms with Crippen molar-refractivity contribution in [1.29, 1.82) is 5.26 Å². The second kappa shape index (κ2) is 4.21. The Morgan fingerprint density at radius 1 is 1.10 bits per heavy atom. The lowest BCUT2D eigenvalue weighted by molar-refractivity contribution is -0.126. The molecule has 2 aromatic carbocycles. The summed E-state index contributed by atoms with van der Waals surface area (Å²) in [7, 11) is 0. The molecule has 0 unspecified atom stereocenters. The molecule has 0 bridgehead atoms. The van der Waals surface area contributed by atoms with Crippen LogP contribution in [-0.4, -0.2) is 11.4 Å². The molecule has 3 heteroatoms. The molecule has 0 N–H and O–H groups in total. The zero-order valence-electron chi connectivity index (χ0n) is 11.3. The monoisotopic (exact) mass is 263 g/mol. The highest BCUT2D eigenvalue weighted by Gasteiger charge is 2.42. The first-order valence-corrected chi connectivity index (χ1v) is 6.41. The van der Waals surface area contributed by atoms with Crippen LogP contribution in [0.4, 0.5) is 0 Å². The summed E-state index contributed by atoms with van der Waals surface area (Å²) in [6.45, 7) is 3.37. The quantitative estimate of drug-likeness (QED) is 0.791. The summed E-state index contributed by atoms with van der Waals surface area (Å²) in [5.74, 6) is 0.127. The molecular formula is C17H13NO2. The lowest BCUT2D eigenvalue weighted by Crippen LogP contribution is -2.29. The van der Waals surface area contributed by atoms with Crippen LogP contribution in [-0.2, 0) is 9.53 Å². The second-order valence-electron chi connectivity index (χ2n) is 5.28. The maximum absolute atomic E-state index is 12.2. The van der Waals surface area contributed by atoms with Crippen LogP contribution < -0.4 is 0 Å². The molecule has 0 fully saturated rings. The predicted octanol–water partition coefficient (Wildman–Crippen LogP) is 3.45. The molecule has 0 atom stereocenters. The number of nitrogens with zero attached hydrogens (tertiary/aromatic N) is 1. The first kappa shape index (κ1) is 12.4. The van der Waals surface area contributed by atoms with Crippen molar-refractivity contribution >= 4 is 22.3 Å². The molecule has 0 saturated heterocycles. The molecule has 1 heterocycles. The second-order valence-corrected chi connectivity index (χ2v) is 5.28. The van der Waals surface area contributed by atoms with Crippen LogP contribution in [0.1, 0.15) is 19.4 Å². The van der Waals surface area contributed by atoms with Crippen LogP contribution in [0.5, 0.6) is 0 Å². The minimum atomic E-state index is -0.975. The molecule has 3 nitrogen and oxygen atoms in total. The van der Waals surface area contributed by atoms with Crippen molar-refractivity contribution in [3.8, 4) is 6.07 Å². The molecule has 0 radical (unpaired) electrons. The van der Waals surface area contributed by atoms with Gasteiger partial charge in [0, 0.05) is 5.56 Å². The first-order chi connectivity index (χ1) is 9.54. The Labute approximate surface area is 117 Å².